The second-order valence-corrected chi connectivity index (χ2v) is 5.46. The number of nitrogens with zero attached hydrogens (tertiary/aromatic N) is 4. The molecule has 2 aromatic heterocycles. The number of hydrogen-bond donors (Lipinski definition) is 2. The molecule has 0 aromatic carbocycles. The van der Waals surface area contributed by atoms with Crippen molar-refractivity contribution in [2.75, 3.05) is 0 Å². The van der Waals surface area contributed by atoms with E-state index >= 15 is 0 Å². The van der Waals surface area contributed by atoms with E-state index in [1.165, 1.54) is 11.9 Å². The van der Waals surface area contributed by atoms with E-state index in [2.05, 4.69) is 52.6 Å². The van der Waals surface area contributed by atoms with Crippen molar-refractivity contribution in [2.24, 2.45) is 7.05 Å². The minimum atomic E-state index is 0.0600. The van der Waals surface area contributed by atoms with Crippen molar-refractivity contribution in [3.8, 4) is 0 Å². The van der Waals surface area contributed by atoms with Gasteiger partial charge in [0.1, 0.15) is 12.2 Å². The first-order valence-electron chi connectivity index (χ1n) is 6.05. The van der Waals surface area contributed by atoms with E-state index in [1.54, 1.807) is 0 Å². The van der Waals surface area contributed by atoms with Crippen molar-refractivity contribution in [1.29, 1.82) is 0 Å². The Morgan fingerprint density at radius 3 is 2.72 bits per heavy atom. The molecule has 0 amide bonds. The van der Waals surface area contributed by atoms with Gasteiger partial charge in [-0.3, -0.25) is 9.78 Å². The summed E-state index contributed by atoms with van der Waals surface area (Å²) in [4.78, 5) is 4.07. The fourth-order valence-electron chi connectivity index (χ4n) is 1.93. The maximum atomic E-state index is 4.54. The van der Waals surface area contributed by atoms with Crippen LogP contribution in [0.2, 0.25) is 0 Å². The van der Waals surface area contributed by atoms with Crippen LogP contribution in [0.4, 0.5) is 0 Å². The summed E-state index contributed by atoms with van der Waals surface area (Å²) in [6, 6.07) is 0. The fraction of sp³-hybridized carbons (Fsp3) is 0.583. The summed E-state index contributed by atoms with van der Waals surface area (Å²) in [5.41, 5.74) is 2.42. The van der Waals surface area contributed by atoms with E-state index < -0.39 is 0 Å². The molecule has 2 N–H and O–H groups in total. The molecule has 0 bridgehead atoms. The largest absolute Gasteiger partial charge is 0.306 e. The van der Waals surface area contributed by atoms with Crippen molar-refractivity contribution in [1.82, 2.24) is 30.3 Å². The van der Waals surface area contributed by atoms with Gasteiger partial charge in [-0.25, -0.2) is 4.98 Å². The lowest BCUT2D eigenvalue weighted by molar-refractivity contribution is 0.542. The van der Waals surface area contributed by atoms with Crippen molar-refractivity contribution < 1.29 is 0 Å². The van der Waals surface area contributed by atoms with E-state index in [1.807, 2.05) is 11.7 Å². The van der Waals surface area contributed by atoms with Gasteiger partial charge in [0.25, 0.3) is 0 Å². The highest BCUT2D eigenvalue weighted by Crippen LogP contribution is 2.23. The second-order valence-electron chi connectivity index (χ2n) is 5.46. The van der Waals surface area contributed by atoms with Crippen molar-refractivity contribution >= 4 is 0 Å². The standard InChI is InChI=1S/C12H20N6/c1-12(2,3)11-9(7-18(4)17-11)5-13-6-10-14-8-15-16-10/h7-8,13H,5-6H2,1-4H3,(H,14,15,16). The molecule has 2 rings (SSSR count). The molecule has 2 aromatic rings. The summed E-state index contributed by atoms with van der Waals surface area (Å²) in [6.07, 6.45) is 3.58. The predicted octanol–water partition coefficient (Wildman–Crippen LogP) is 1.13. The van der Waals surface area contributed by atoms with E-state index in [0.29, 0.717) is 6.54 Å². The van der Waals surface area contributed by atoms with Crippen molar-refractivity contribution in [2.45, 2.75) is 39.3 Å². The van der Waals surface area contributed by atoms with Crippen LogP contribution in [0, 0.1) is 0 Å². The molecule has 0 unspecified atom stereocenters. The number of hydrogen-bond acceptors (Lipinski definition) is 4. The third-order valence-corrected chi connectivity index (χ3v) is 2.69. The number of aromatic nitrogens is 5. The third kappa shape index (κ3) is 2.95. The Kier molecular flexibility index (Phi) is 3.47. The Hall–Kier alpha value is -1.69. The highest BCUT2D eigenvalue weighted by Gasteiger charge is 2.21. The topological polar surface area (TPSA) is 71.4 Å². The quantitative estimate of drug-likeness (QED) is 0.850. The van der Waals surface area contributed by atoms with Gasteiger partial charge < -0.3 is 5.32 Å². The minimum absolute atomic E-state index is 0.0600. The van der Waals surface area contributed by atoms with Crippen LogP contribution in [0.5, 0.6) is 0 Å². The van der Waals surface area contributed by atoms with Crippen LogP contribution in [0.1, 0.15) is 37.9 Å². The molecule has 0 saturated heterocycles. The van der Waals surface area contributed by atoms with Gasteiger partial charge >= 0.3 is 0 Å². The normalized spacial score (nSPS) is 12.0. The first-order chi connectivity index (χ1) is 8.47. The predicted molar refractivity (Wildman–Crippen MR) is 68.8 cm³/mol. The Morgan fingerprint density at radius 1 is 1.33 bits per heavy atom. The maximum absolute atomic E-state index is 4.54. The number of aryl methyl sites for hydroxylation is 1. The molecule has 6 nitrogen and oxygen atoms in total. The molecule has 0 saturated carbocycles. The average molecular weight is 248 g/mol. The lowest BCUT2D eigenvalue weighted by Gasteiger charge is -2.17. The first kappa shape index (κ1) is 12.8. The number of nitrogens with one attached hydrogen (secondary N) is 2. The van der Waals surface area contributed by atoms with Gasteiger partial charge in [-0.05, 0) is 0 Å². The number of rotatable bonds is 4. The van der Waals surface area contributed by atoms with Gasteiger partial charge in [-0.1, -0.05) is 20.8 Å². The van der Waals surface area contributed by atoms with Gasteiger partial charge in [-0.15, -0.1) is 0 Å². The van der Waals surface area contributed by atoms with Crippen LogP contribution < -0.4 is 5.32 Å². The van der Waals surface area contributed by atoms with Crippen LogP contribution >= 0.6 is 0 Å². The van der Waals surface area contributed by atoms with Crippen LogP contribution in [0.15, 0.2) is 12.5 Å². The number of aromatic amines is 1. The molecular weight excluding hydrogens is 228 g/mol. The summed E-state index contributed by atoms with van der Waals surface area (Å²) < 4.78 is 1.87. The maximum Gasteiger partial charge on any atom is 0.138 e. The molecule has 0 aliphatic heterocycles. The van der Waals surface area contributed by atoms with Gasteiger partial charge in [0.05, 0.1) is 12.2 Å². The molecule has 0 radical (unpaired) electrons. The highest BCUT2D eigenvalue weighted by atomic mass is 15.3. The van der Waals surface area contributed by atoms with Gasteiger partial charge in [0.15, 0.2) is 0 Å². The van der Waals surface area contributed by atoms with Gasteiger partial charge in [0.2, 0.25) is 0 Å². The molecule has 6 heteroatoms. The molecular formula is C12H20N6. The summed E-state index contributed by atoms with van der Waals surface area (Å²) in [6.45, 7) is 7.99. The summed E-state index contributed by atoms with van der Waals surface area (Å²) in [5.74, 6) is 0.844. The second kappa shape index (κ2) is 4.89. The Bertz CT molecular complexity index is 491. The zero-order valence-corrected chi connectivity index (χ0v) is 11.4. The summed E-state index contributed by atoms with van der Waals surface area (Å²) in [7, 11) is 1.95. The summed E-state index contributed by atoms with van der Waals surface area (Å²) >= 11 is 0. The lowest BCUT2D eigenvalue weighted by atomic mass is 9.89. The zero-order valence-electron chi connectivity index (χ0n) is 11.4. The fourth-order valence-corrected chi connectivity index (χ4v) is 1.93. The van der Waals surface area contributed by atoms with Crippen LogP contribution in [-0.2, 0) is 25.6 Å². The van der Waals surface area contributed by atoms with Crippen molar-refractivity contribution in [3.05, 3.63) is 29.6 Å². The Morgan fingerprint density at radius 2 is 2.11 bits per heavy atom. The Balaban J connectivity index is 2.01. The van der Waals surface area contributed by atoms with Gasteiger partial charge in [0, 0.05) is 30.8 Å². The molecule has 0 fully saturated rings. The molecule has 2 heterocycles. The lowest BCUT2D eigenvalue weighted by Crippen LogP contribution is -2.19. The van der Waals surface area contributed by atoms with E-state index in [9.17, 15) is 0 Å². The van der Waals surface area contributed by atoms with Crippen LogP contribution in [0.25, 0.3) is 0 Å². The average Bonchev–Trinajstić information content (AvgIpc) is 2.87. The smallest absolute Gasteiger partial charge is 0.138 e. The van der Waals surface area contributed by atoms with Crippen LogP contribution in [0.3, 0.4) is 0 Å². The monoisotopic (exact) mass is 248 g/mol. The Labute approximate surface area is 107 Å². The van der Waals surface area contributed by atoms with E-state index in [4.69, 9.17) is 0 Å². The van der Waals surface area contributed by atoms with Crippen molar-refractivity contribution in [3.63, 3.8) is 0 Å². The molecule has 0 aliphatic rings. The van der Waals surface area contributed by atoms with E-state index in [-0.39, 0.29) is 5.41 Å². The molecule has 0 spiro atoms. The first-order valence-corrected chi connectivity index (χ1v) is 6.05. The number of H-pyrrole nitrogens is 1. The van der Waals surface area contributed by atoms with E-state index in [0.717, 1.165) is 18.1 Å². The minimum Gasteiger partial charge on any atom is -0.306 e. The third-order valence-electron chi connectivity index (χ3n) is 2.69. The SMILES string of the molecule is Cn1cc(CNCc2ncn[nH]2)c(C(C)(C)C)n1. The molecule has 98 valence electrons. The molecule has 18 heavy (non-hydrogen) atoms. The molecule has 0 aliphatic carbocycles. The zero-order chi connectivity index (χ0) is 13.2. The highest BCUT2D eigenvalue weighted by molar-refractivity contribution is 5.23. The molecule has 0 atom stereocenters. The van der Waals surface area contributed by atoms with Gasteiger partial charge in [-0.2, -0.15) is 10.2 Å². The summed E-state index contributed by atoms with van der Waals surface area (Å²) in [5, 5.41) is 14.5. The van der Waals surface area contributed by atoms with Crippen LogP contribution in [-0.4, -0.2) is 25.0 Å².